The van der Waals surface area contributed by atoms with Crippen LogP contribution in [0.2, 0.25) is 5.02 Å². The number of thiazole rings is 1. The Bertz CT molecular complexity index is 1620. The Kier molecular flexibility index (Phi) is 11.5. The van der Waals surface area contributed by atoms with E-state index in [1.807, 2.05) is 20.8 Å². The van der Waals surface area contributed by atoms with Gasteiger partial charge in [0.15, 0.2) is 0 Å². The summed E-state index contributed by atoms with van der Waals surface area (Å²) >= 11 is 6.56. The average molecular weight is 694 g/mol. The first-order valence-electron chi connectivity index (χ1n) is 14.8. The molecule has 4 heterocycles. The van der Waals surface area contributed by atoms with E-state index in [0.717, 1.165) is 36.1 Å². The molecule has 2 aliphatic heterocycles. The zero-order valence-corrected chi connectivity index (χ0v) is 27.8. The number of ether oxygens (including phenoxy) is 1. The van der Waals surface area contributed by atoms with Gasteiger partial charge in [-0.2, -0.15) is 13.2 Å². The van der Waals surface area contributed by atoms with Gasteiger partial charge in [0.2, 0.25) is 0 Å². The quantitative estimate of drug-likeness (QED) is 0.277. The zero-order chi connectivity index (χ0) is 34.4. The third-order valence-electron chi connectivity index (χ3n) is 7.01. The van der Waals surface area contributed by atoms with Gasteiger partial charge in [-0.15, -0.1) is 17.1 Å². The van der Waals surface area contributed by atoms with Crippen molar-refractivity contribution in [2.45, 2.75) is 64.8 Å². The molecule has 16 heteroatoms. The molecule has 0 aromatic carbocycles. The first-order valence-corrected chi connectivity index (χ1v) is 16.0. The van der Waals surface area contributed by atoms with Crippen molar-refractivity contribution in [1.29, 1.82) is 0 Å². The molecule has 2 aromatic rings. The van der Waals surface area contributed by atoms with Crippen molar-refractivity contribution in [3.05, 3.63) is 68.7 Å². The molecule has 1 saturated heterocycles. The molecule has 3 amide bonds. The number of carbonyl (C=O) groups is 3. The van der Waals surface area contributed by atoms with Gasteiger partial charge in [0.05, 0.1) is 29.0 Å². The van der Waals surface area contributed by atoms with Gasteiger partial charge in [-0.3, -0.25) is 9.59 Å². The molecule has 1 atom stereocenters. The SMILES string of the molecule is CC(NC(=O)C1=NC=C=CCC(NCC2CCN(C(=O)OC(C)(C)C)CC2)=C1)c1ncc(C(=O)Nc2cc(C(F)(F)F)c(Cl)cn2)s1. The van der Waals surface area contributed by atoms with Gasteiger partial charge in [0.25, 0.3) is 11.8 Å². The molecule has 2 aromatic heterocycles. The number of pyridine rings is 1. The number of amides is 3. The molecule has 252 valence electrons. The molecule has 0 radical (unpaired) electrons. The van der Waals surface area contributed by atoms with Crippen LogP contribution >= 0.6 is 22.9 Å². The van der Waals surface area contributed by atoms with Gasteiger partial charge in [-0.25, -0.2) is 19.8 Å². The van der Waals surface area contributed by atoms with E-state index in [9.17, 15) is 27.6 Å². The second-order valence-corrected chi connectivity index (χ2v) is 13.4. The number of piperidine rings is 1. The largest absolute Gasteiger partial charge is 0.444 e. The van der Waals surface area contributed by atoms with Crippen molar-refractivity contribution in [2.24, 2.45) is 10.9 Å². The predicted molar refractivity (Wildman–Crippen MR) is 172 cm³/mol. The van der Waals surface area contributed by atoms with Crippen molar-refractivity contribution in [3.8, 4) is 0 Å². The van der Waals surface area contributed by atoms with Gasteiger partial charge in [-0.05, 0) is 64.7 Å². The summed E-state index contributed by atoms with van der Waals surface area (Å²) in [7, 11) is 0. The Balaban J connectivity index is 1.32. The minimum Gasteiger partial charge on any atom is -0.444 e. The van der Waals surface area contributed by atoms with Crippen LogP contribution in [0, 0.1) is 5.92 Å². The summed E-state index contributed by atoms with van der Waals surface area (Å²) in [6, 6.07) is 0.0308. The highest BCUT2D eigenvalue weighted by molar-refractivity contribution is 7.13. The lowest BCUT2D eigenvalue weighted by Gasteiger charge is -2.33. The minimum atomic E-state index is -4.72. The van der Waals surface area contributed by atoms with Crippen LogP contribution in [0.3, 0.4) is 0 Å². The molecule has 1 fully saturated rings. The highest BCUT2D eigenvalue weighted by Crippen LogP contribution is 2.35. The standard InChI is InChI=1S/C31H35ClF3N7O4S/c1-18(28-39-17-24(47-28)27(44)41-25-14-21(31(33,34)35)22(32)16-38-25)40-26(43)23-13-20(7-5-6-10-36-23)37-15-19-8-11-42(12-9-19)29(45)46-30(2,3)4/h5,10,13-14,16-19,37H,7-9,11-12,15H2,1-4H3,(H,40,43)(H,38,41,44). The van der Waals surface area contributed by atoms with Gasteiger partial charge in [0, 0.05) is 37.9 Å². The van der Waals surface area contributed by atoms with Gasteiger partial charge in [-0.1, -0.05) is 11.6 Å². The highest BCUT2D eigenvalue weighted by Gasteiger charge is 2.34. The summed E-state index contributed by atoms with van der Waals surface area (Å²) in [5.74, 6) is -1.19. The average Bonchev–Trinajstić information content (AvgIpc) is 3.47. The van der Waals surface area contributed by atoms with Gasteiger partial charge in [0.1, 0.15) is 27.0 Å². The molecule has 4 rings (SSSR count). The molecule has 11 nitrogen and oxygen atoms in total. The first-order chi connectivity index (χ1) is 22.1. The number of hydrogen-bond donors (Lipinski definition) is 3. The fourth-order valence-corrected chi connectivity index (χ4v) is 5.61. The number of aliphatic imine (C=N–C) groups is 1. The molecule has 2 aliphatic rings. The Morgan fingerprint density at radius 1 is 1.15 bits per heavy atom. The molecule has 0 saturated carbocycles. The summed E-state index contributed by atoms with van der Waals surface area (Å²) in [5.41, 5.74) is 2.18. The molecule has 0 spiro atoms. The summed E-state index contributed by atoms with van der Waals surface area (Å²) in [5, 5.41) is 8.35. The fourth-order valence-electron chi connectivity index (χ4n) is 4.59. The lowest BCUT2D eigenvalue weighted by molar-refractivity contribution is -0.137. The van der Waals surface area contributed by atoms with Crippen LogP contribution in [0.5, 0.6) is 0 Å². The number of likely N-dealkylation sites (tertiary alicyclic amines) is 1. The molecule has 1 unspecified atom stereocenters. The van der Waals surface area contributed by atoms with Crippen molar-refractivity contribution in [2.75, 3.05) is 25.0 Å². The number of anilines is 1. The maximum Gasteiger partial charge on any atom is 0.418 e. The van der Waals surface area contributed by atoms with E-state index in [4.69, 9.17) is 16.3 Å². The van der Waals surface area contributed by atoms with Gasteiger partial charge < -0.3 is 25.6 Å². The summed E-state index contributed by atoms with van der Waals surface area (Å²) < 4.78 is 45.0. The van der Waals surface area contributed by atoms with Gasteiger partial charge >= 0.3 is 12.3 Å². The lowest BCUT2D eigenvalue weighted by Crippen LogP contribution is -2.43. The maximum absolute atomic E-state index is 13.2. The predicted octanol–water partition coefficient (Wildman–Crippen LogP) is 6.27. The molecule has 47 heavy (non-hydrogen) atoms. The normalized spacial score (nSPS) is 16.4. The van der Waals surface area contributed by atoms with Crippen LogP contribution < -0.4 is 16.0 Å². The third kappa shape index (κ3) is 10.4. The number of halogens is 4. The van der Waals surface area contributed by atoms with Crippen LogP contribution in [-0.2, 0) is 15.7 Å². The van der Waals surface area contributed by atoms with Crippen molar-refractivity contribution < 1.29 is 32.3 Å². The molecular weight excluding hydrogens is 659 g/mol. The smallest absolute Gasteiger partial charge is 0.418 e. The molecule has 0 aliphatic carbocycles. The Morgan fingerprint density at radius 3 is 2.55 bits per heavy atom. The van der Waals surface area contributed by atoms with Crippen molar-refractivity contribution >= 4 is 52.4 Å². The fraction of sp³-hybridized carbons (Fsp3) is 0.452. The van der Waals surface area contributed by atoms with E-state index in [2.05, 4.69) is 36.6 Å². The summed E-state index contributed by atoms with van der Waals surface area (Å²) in [4.78, 5) is 52.2. The summed E-state index contributed by atoms with van der Waals surface area (Å²) in [6.45, 7) is 9.07. The number of nitrogens with one attached hydrogen (secondary N) is 3. The molecule has 0 bridgehead atoms. The number of rotatable bonds is 8. The Morgan fingerprint density at radius 2 is 1.87 bits per heavy atom. The van der Waals surface area contributed by atoms with E-state index in [0.29, 0.717) is 43.0 Å². The van der Waals surface area contributed by atoms with Crippen LogP contribution in [0.15, 0.2) is 53.2 Å². The minimum absolute atomic E-state index is 0.103. The Labute approximate surface area is 279 Å². The van der Waals surface area contributed by atoms with E-state index in [-0.39, 0.29) is 22.5 Å². The van der Waals surface area contributed by atoms with Crippen LogP contribution in [0.4, 0.5) is 23.8 Å². The number of allylic oxidation sites excluding steroid dienone is 1. The second kappa shape index (κ2) is 15.1. The zero-order valence-electron chi connectivity index (χ0n) is 26.2. The van der Waals surface area contributed by atoms with E-state index in [1.165, 1.54) is 12.4 Å². The number of carbonyl (C=O) groups excluding carboxylic acids is 3. The van der Waals surface area contributed by atoms with E-state index >= 15 is 0 Å². The third-order valence-corrected chi connectivity index (χ3v) is 8.49. The number of aromatic nitrogens is 2. The maximum atomic E-state index is 13.2. The number of nitrogens with zero attached hydrogens (tertiary/aromatic N) is 4. The Hall–Kier alpha value is -4.20. The molecule has 3 N–H and O–H groups in total. The van der Waals surface area contributed by atoms with Crippen molar-refractivity contribution in [3.63, 3.8) is 0 Å². The van der Waals surface area contributed by atoms with E-state index < -0.39 is 40.2 Å². The summed E-state index contributed by atoms with van der Waals surface area (Å²) in [6.07, 6.45) is 4.06. The van der Waals surface area contributed by atoms with Crippen molar-refractivity contribution in [1.82, 2.24) is 25.5 Å². The number of hydrogen-bond acceptors (Lipinski definition) is 9. The van der Waals surface area contributed by atoms with E-state index in [1.54, 1.807) is 24.0 Å². The number of alkyl halides is 3. The first kappa shape index (κ1) is 35.7. The van der Waals surface area contributed by atoms with Crippen LogP contribution in [0.25, 0.3) is 0 Å². The van der Waals surface area contributed by atoms with Crippen LogP contribution in [-0.4, -0.2) is 63.7 Å². The molecular formula is C31H35ClF3N7O4S. The van der Waals surface area contributed by atoms with Crippen LogP contribution in [0.1, 0.15) is 73.2 Å². The topological polar surface area (TPSA) is 138 Å². The lowest BCUT2D eigenvalue weighted by atomic mass is 9.97. The monoisotopic (exact) mass is 693 g/mol. The highest BCUT2D eigenvalue weighted by atomic mass is 35.5. The second-order valence-electron chi connectivity index (χ2n) is 11.9.